The van der Waals surface area contributed by atoms with E-state index >= 15 is 0 Å². The number of nitrogens with zero attached hydrogens (tertiary/aromatic N) is 2. The molecular weight excluding hydrogens is 436 g/mol. The summed E-state index contributed by atoms with van der Waals surface area (Å²) in [6, 6.07) is 1.19. The van der Waals surface area contributed by atoms with Gasteiger partial charge in [-0.1, -0.05) is 11.6 Å². The summed E-state index contributed by atoms with van der Waals surface area (Å²) in [6.07, 6.45) is 0.395. The first kappa shape index (κ1) is 18.5. The van der Waals surface area contributed by atoms with Crippen LogP contribution in [0.15, 0.2) is 12.3 Å². The van der Waals surface area contributed by atoms with E-state index in [4.69, 9.17) is 16.3 Å². The maximum absolute atomic E-state index is 14.4. The Morgan fingerprint density at radius 3 is 2.87 bits per heavy atom. The van der Waals surface area contributed by atoms with Crippen LogP contribution in [0.25, 0.3) is 0 Å². The molecule has 1 saturated heterocycles. The first-order chi connectivity index (χ1) is 10.7. The van der Waals surface area contributed by atoms with Gasteiger partial charge in [-0.15, -0.1) is 0 Å². The molecule has 0 bridgehead atoms. The Morgan fingerprint density at radius 1 is 1.57 bits per heavy atom. The minimum atomic E-state index is -1.18. The van der Waals surface area contributed by atoms with Crippen molar-refractivity contribution in [2.24, 2.45) is 0 Å². The van der Waals surface area contributed by atoms with Crippen LogP contribution in [-0.2, 0) is 4.74 Å². The molecule has 1 aromatic rings. The predicted molar refractivity (Wildman–Crippen MR) is 96.8 cm³/mol. The third kappa shape index (κ3) is 5.34. The molecule has 8 heteroatoms. The van der Waals surface area contributed by atoms with Gasteiger partial charge in [0, 0.05) is 12.7 Å². The number of hydrogen-bond acceptors (Lipinski definition) is 4. The Labute approximate surface area is 154 Å². The van der Waals surface area contributed by atoms with Crippen LogP contribution >= 0.6 is 34.2 Å². The van der Waals surface area contributed by atoms with Crippen molar-refractivity contribution in [2.75, 3.05) is 18.0 Å². The van der Waals surface area contributed by atoms with Crippen LogP contribution in [0.1, 0.15) is 27.2 Å². The first-order valence-corrected chi connectivity index (χ1v) is 8.81. The number of carbonyl (C=O) groups excluding carboxylic acids is 1. The molecule has 0 saturated carbocycles. The van der Waals surface area contributed by atoms with E-state index in [1.54, 1.807) is 33.0 Å². The Hall–Kier alpha value is -0.830. The van der Waals surface area contributed by atoms with Crippen LogP contribution in [-0.4, -0.2) is 42.0 Å². The summed E-state index contributed by atoms with van der Waals surface area (Å²) >= 11 is 8.07. The lowest BCUT2D eigenvalue weighted by Crippen LogP contribution is -2.53. The van der Waals surface area contributed by atoms with E-state index in [9.17, 15) is 9.18 Å². The van der Waals surface area contributed by atoms with Gasteiger partial charge in [0.15, 0.2) is 0 Å². The van der Waals surface area contributed by atoms with Gasteiger partial charge in [-0.05, 0) is 55.8 Å². The van der Waals surface area contributed by atoms with Gasteiger partial charge in [0.2, 0.25) is 0 Å². The maximum atomic E-state index is 14.4. The monoisotopic (exact) mass is 455 g/mol. The SMILES string of the molecule is CC(C)(C)OC(=O)N[C@H]1CCN(c2cc(Cl)ncc2I)C[C@@H]1F. The molecule has 5 nitrogen and oxygen atoms in total. The molecule has 2 atom stereocenters. The van der Waals surface area contributed by atoms with Crippen molar-refractivity contribution in [2.45, 2.75) is 45.0 Å². The van der Waals surface area contributed by atoms with Crippen molar-refractivity contribution in [1.29, 1.82) is 0 Å². The zero-order valence-corrected chi connectivity index (χ0v) is 16.2. The van der Waals surface area contributed by atoms with Gasteiger partial charge in [0.25, 0.3) is 0 Å². The van der Waals surface area contributed by atoms with Gasteiger partial charge >= 0.3 is 6.09 Å². The molecule has 1 fully saturated rings. The number of amides is 1. The second-order valence-corrected chi connectivity index (χ2v) is 8.01. The lowest BCUT2D eigenvalue weighted by Gasteiger charge is -2.37. The second kappa shape index (κ2) is 7.38. The number of carbonyl (C=O) groups is 1. The highest BCUT2D eigenvalue weighted by atomic mass is 127. The average molecular weight is 456 g/mol. The minimum absolute atomic E-state index is 0.191. The lowest BCUT2D eigenvalue weighted by atomic mass is 10.0. The van der Waals surface area contributed by atoms with Crippen molar-refractivity contribution in [3.8, 4) is 0 Å². The molecule has 0 aliphatic carbocycles. The molecule has 128 valence electrons. The summed E-state index contributed by atoms with van der Waals surface area (Å²) in [6.45, 7) is 6.14. The molecule has 1 N–H and O–H groups in total. The quantitative estimate of drug-likeness (QED) is 0.545. The highest BCUT2D eigenvalue weighted by molar-refractivity contribution is 14.1. The fraction of sp³-hybridized carbons (Fsp3) is 0.600. The van der Waals surface area contributed by atoms with Crippen LogP contribution in [0.4, 0.5) is 14.9 Å². The Morgan fingerprint density at radius 2 is 2.26 bits per heavy atom. The number of aromatic nitrogens is 1. The second-order valence-electron chi connectivity index (χ2n) is 6.46. The molecule has 1 amide bonds. The molecule has 1 aliphatic heterocycles. The minimum Gasteiger partial charge on any atom is -0.444 e. The van der Waals surface area contributed by atoms with Crippen LogP contribution in [0.2, 0.25) is 5.15 Å². The number of hydrogen-bond donors (Lipinski definition) is 1. The topological polar surface area (TPSA) is 54.5 Å². The number of alkyl halides is 1. The third-order valence-electron chi connectivity index (χ3n) is 3.39. The van der Waals surface area contributed by atoms with E-state index in [1.165, 1.54) is 0 Å². The van der Waals surface area contributed by atoms with Crippen LogP contribution < -0.4 is 10.2 Å². The number of halogens is 3. The number of nitrogens with one attached hydrogen (secondary N) is 1. The molecule has 1 aliphatic rings. The van der Waals surface area contributed by atoms with Crippen molar-refractivity contribution in [3.05, 3.63) is 21.0 Å². The van der Waals surface area contributed by atoms with Crippen molar-refractivity contribution >= 4 is 46.0 Å². The largest absolute Gasteiger partial charge is 0.444 e. The highest BCUT2D eigenvalue weighted by Crippen LogP contribution is 2.28. The third-order valence-corrected chi connectivity index (χ3v) is 4.42. The Bertz CT molecular complexity index is 582. The highest BCUT2D eigenvalue weighted by Gasteiger charge is 2.32. The first-order valence-electron chi connectivity index (χ1n) is 7.35. The van der Waals surface area contributed by atoms with Gasteiger partial charge in [0.05, 0.1) is 21.8 Å². The van der Waals surface area contributed by atoms with E-state index in [1.807, 2.05) is 4.90 Å². The van der Waals surface area contributed by atoms with Gasteiger partial charge < -0.3 is 15.0 Å². The summed E-state index contributed by atoms with van der Waals surface area (Å²) in [4.78, 5) is 17.7. The number of ether oxygens (including phenoxy) is 1. The smallest absolute Gasteiger partial charge is 0.407 e. The van der Waals surface area contributed by atoms with Crippen molar-refractivity contribution < 1.29 is 13.9 Å². The predicted octanol–water partition coefficient (Wildman–Crippen LogP) is 3.78. The molecule has 0 aromatic carbocycles. The van der Waals surface area contributed by atoms with E-state index in [-0.39, 0.29) is 6.54 Å². The Kier molecular flexibility index (Phi) is 5.94. The molecule has 0 unspecified atom stereocenters. The number of anilines is 1. The zero-order chi connectivity index (χ0) is 17.2. The lowest BCUT2D eigenvalue weighted by molar-refractivity contribution is 0.0463. The fourth-order valence-electron chi connectivity index (χ4n) is 2.39. The number of rotatable bonds is 2. The summed E-state index contributed by atoms with van der Waals surface area (Å²) in [5.74, 6) is 0. The molecule has 0 spiro atoms. The molecule has 2 rings (SSSR count). The van der Waals surface area contributed by atoms with Gasteiger partial charge in [0.1, 0.15) is 16.9 Å². The zero-order valence-electron chi connectivity index (χ0n) is 13.3. The van der Waals surface area contributed by atoms with Gasteiger partial charge in [-0.25, -0.2) is 14.2 Å². The van der Waals surface area contributed by atoms with Crippen LogP contribution in [0.5, 0.6) is 0 Å². The number of piperidine rings is 1. The maximum Gasteiger partial charge on any atom is 0.407 e. The number of alkyl carbamates (subject to hydrolysis) is 1. The Balaban J connectivity index is 1.97. The summed E-state index contributed by atoms with van der Waals surface area (Å²) in [5, 5.41) is 3.00. The van der Waals surface area contributed by atoms with Gasteiger partial charge in [-0.2, -0.15) is 0 Å². The molecule has 2 heterocycles. The molecule has 23 heavy (non-hydrogen) atoms. The summed E-state index contributed by atoms with van der Waals surface area (Å²) in [7, 11) is 0. The molecule has 0 radical (unpaired) electrons. The van der Waals surface area contributed by atoms with Crippen LogP contribution in [0.3, 0.4) is 0 Å². The van der Waals surface area contributed by atoms with Crippen molar-refractivity contribution in [1.82, 2.24) is 10.3 Å². The van der Waals surface area contributed by atoms with E-state index in [2.05, 4.69) is 32.9 Å². The summed E-state index contributed by atoms with van der Waals surface area (Å²) < 4.78 is 20.5. The van der Waals surface area contributed by atoms with Crippen molar-refractivity contribution in [3.63, 3.8) is 0 Å². The standard InChI is InChI=1S/C15H20ClFIN3O2/c1-15(2,3)23-14(22)20-11-4-5-21(8-9(11)17)12-6-13(16)19-7-10(12)18/h6-7,9,11H,4-5,8H2,1-3H3,(H,20,22)/t9-,11-/m0/s1. The van der Waals surface area contributed by atoms with Gasteiger partial charge in [-0.3, -0.25) is 0 Å². The average Bonchev–Trinajstić information content (AvgIpc) is 2.42. The fourth-order valence-corrected chi connectivity index (χ4v) is 3.18. The normalized spacial score (nSPS) is 21.9. The van der Waals surface area contributed by atoms with E-state index in [0.717, 1.165) is 9.26 Å². The molecular formula is C15H20ClFIN3O2. The summed E-state index contributed by atoms with van der Waals surface area (Å²) in [5.41, 5.74) is 0.268. The van der Waals surface area contributed by atoms with Crippen LogP contribution in [0, 0.1) is 3.57 Å². The molecule has 1 aromatic heterocycles. The number of pyridine rings is 1. The van der Waals surface area contributed by atoms with E-state index < -0.39 is 23.9 Å². The van der Waals surface area contributed by atoms with E-state index in [0.29, 0.717) is 18.1 Å².